The molecular weight excluding hydrogens is 254 g/mol. The Bertz CT molecular complexity index is 405. The summed E-state index contributed by atoms with van der Waals surface area (Å²) in [5.74, 6) is 2.53. The monoisotopic (exact) mass is 279 g/mol. The zero-order valence-corrected chi connectivity index (χ0v) is 13.1. The minimum absolute atomic E-state index is 0.412. The lowest BCUT2D eigenvalue weighted by Gasteiger charge is -2.39. The molecule has 1 aromatic carbocycles. The van der Waals surface area contributed by atoms with Crippen LogP contribution in [-0.2, 0) is 17.9 Å². The first-order valence-corrected chi connectivity index (χ1v) is 8.15. The maximum Gasteiger partial charge on any atom is 0.0713 e. The van der Waals surface area contributed by atoms with E-state index in [2.05, 4.69) is 55.2 Å². The van der Waals surface area contributed by atoms with Crippen molar-refractivity contribution in [3.8, 4) is 0 Å². The van der Waals surface area contributed by atoms with Gasteiger partial charge in [0.1, 0.15) is 0 Å². The van der Waals surface area contributed by atoms with Gasteiger partial charge in [0.05, 0.1) is 6.61 Å². The molecule has 1 atom stereocenters. The van der Waals surface area contributed by atoms with Crippen LogP contribution in [0, 0.1) is 5.41 Å². The molecule has 1 saturated heterocycles. The van der Waals surface area contributed by atoms with E-state index in [4.69, 9.17) is 4.74 Å². The Morgan fingerprint density at radius 3 is 2.89 bits per heavy atom. The van der Waals surface area contributed by atoms with Gasteiger partial charge in [-0.1, -0.05) is 38.1 Å². The molecule has 0 aliphatic carbocycles. The van der Waals surface area contributed by atoms with Gasteiger partial charge in [0.2, 0.25) is 0 Å². The van der Waals surface area contributed by atoms with E-state index in [1.165, 1.54) is 29.1 Å². The molecule has 2 nitrogen and oxygen atoms in total. The molecule has 3 heteroatoms. The van der Waals surface area contributed by atoms with Crippen LogP contribution in [0.1, 0.15) is 31.4 Å². The van der Waals surface area contributed by atoms with Crippen LogP contribution < -0.4 is 5.32 Å². The summed E-state index contributed by atoms with van der Waals surface area (Å²) < 4.78 is 5.19. The van der Waals surface area contributed by atoms with Gasteiger partial charge in [-0.15, -0.1) is 0 Å². The molecule has 1 fully saturated rings. The van der Waals surface area contributed by atoms with Crippen molar-refractivity contribution in [2.45, 2.75) is 39.5 Å². The highest BCUT2D eigenvalue weighted by Gasteiger charge is 2.31. The quantitative estimate of drug-likeness (QED) is 0.892. The van der Waals surface area contributed by atoms with Crippen LogP contribution in [0.5, 0.6) is 0 Å². The summed E-state index contributed by atoms with van der Waals surface area (Å²) in [6, 6.07) is 9.27. The molecule has 1 N–H and O–H groups in total. The number of nitrogens with one attached hydrogen (secondary N) is 1. The Balaban J connectivity index is 1.92. The van der Waals surface area contributed by atoms with Gasteiger partial charge in [-0.2, -0.15) is 11.8 Å². The van der Waals surface area contributed by atoms with Crippen molar-refractivity contribution in [3.05, 3.63) is 35.4 Å². The predicted octanol–water partition coefficient (Wildman–Crippen LogP) is 3.45. The van der Waals surface area contributed by atoms with E-state index in [9.17, 15) is 0 Å². The van der Waals surface area contributed by atoms with Crippen LogP contribution in [0.2, 0.25) is 0 Å². The van der Waals surface area contributed by atoms with Crippen molar-refractivity contribution < 1.29 is 4.74 Å². The topological polar surface area (TPSA) is 21.3 Å². The summed E-state index contributed by atoms with van der Waals surface area (Å²) in [4.78, 5) is 0. The van der Waals surface area contributed by atoms with E-state index < -0.39 is 0 Å². The molecule has 1 aromatic rings. The van der Waals surface area contributed by atoms with Crippen LogP contribution in [0.15, 0.2) is 24.3 Å². The highest BCUT2D eigenvalue weighted by Crippen LogP contribution is 2.34. The number of hydrogen-bond donors (Lipinski definition) is 1. The van der Waals surface area contributed by atoms with E-state index in [1.807, 2.05) is 0 Å². The van der Waals surface area contributed by atoms with Gasteiger partial charge in [-0.05, 0) is 28.7 Å². The molecule has 19 heavy (non-hydrogen) atoms. The lowest BCUT2D eigenvalue weighted by atomic mass is 9.82. The Morgan fingerprint density at radius 1 is 1.37 bits per heavy atom. The van der Waals surface area contributed by atoms with Crippen molar-refractivity contribution in [2.75, 3.05) is 18.6 Å². The second kappa shape index (κ2) is 6.78. The number of methoxy groups -OCH3 is 1. The van der Waals surface area contributed by atoms with Gasteiger partial charge in [-0.3, -0.25) is 0 Å². The van der Waals surface area contributed by atoms with Gasteiger partial charge >= 0.3 is 0 Å². The fourth-order valence-electron chi connectivity index (χ4n) is 2.51. The number of thioether (sulfide) groups is 1. The summed E-state index contributed by atoms with van der Waals surface area (Å²) in [7, 11) is 1.74. The molecule has 1 heterocycles. The first kappa shape index (κ1) is 14.9. The molecule has 0 bridgehead atoms. The van der Waals surface area contributed by atoms with Crippen molar-refractivity contribution in [2.24, 2.45) is 5.41 Å². The summed E-state index contributed by atoms with van der Waals surface area (Å²) in [5, 5.41) is 3.74. The third kappa shape index (κ3) is 4.23. The van der Waals surface area contributed by atoms with E-state index in [1.54, 1.807) is 7.11 Å². The Kier molecular flexibility index (Phi) is 5.31. The second-order valence-corrected chi connectivity index (χ2v) is 7.15. The van der Waals surface area contributed by atoms with E-state index in [0.29, 0.717) is 18.1 Å². The van der Waals surface area contributed by atoms with E-state index in [-0.39, 0.29) is 0 Å². The van der Waals surface area contributed by atoms with Crippen LogP contribution in [0.4, 0.5) is 0 Å². The third-order valence-electron chi connectivity index (χ3n) is 3.97. The fourth-order valence-corrected chi connectivity index (χ4v) is 4.15. The van der Waals surface area contributed by atoms with Crippen molar-refractivity contribution >= 4 is 11.8 Å². The van der Waals surface area contributed by atoms with Gasteiger partial charge in [0.25, 0.3) is 0 Å². The average molecular weight is 279 g/mol. The lowest BCUT2D eigenvalue weighted by Crippen LogP contribution is -2.46. The SMILES string of the molecule is COCc1cccc(CNC2CSCCC2(C)C)c1. The predicted molar refractivity (Wildman–Crippen MR) is 83.5 cm³/mol. The molecule has 2 rings (SSSR count). The zero-order chi connectivity index (χ0) is 13.7. The van der Waals surface area contributed by atoms with Gasteiger partial charge in [0, 0.05) is 25.4 Å². The maximum atomic E-state index is 5.19. The second-order valence-electron chi connectivity index (χ2n) is 6.00. The van der Waals surface area contributed by atoms with Crippen LogP contribution in [-0.4, -0.2) is 24.7 Å². The molecule has 1 unspecified atom stereocenters. The van der Waals surface area contributed by atoms with Crippen molar-refractivity contribution in [3.63, 3.8) is 0 Å². The lowest BCUT2D eigenvalue weighted by molar-refractivity contribution is 0.185. The van der Waals surface area contributed by atoms with Crippen LogP contribution >= 0.6 is 11.8 Å². The zero-order valence-electron chi connectivity index (χ0n) is 12.2. The summed E-state index contributed by atoms with van der Waals surface area (Å²) in [6.45, 7) is 6.41. The smallest absolute Gasteiger partial charge is 0.0713 e. The molecule has 0 saturated carbocycles. The van der Waals surface area contributed by atoms with Crippen molar-refractivity contribution in [1.82, 2.24) is 5.32 Å². The van der Waals surface area contributed by atoms with Gasteiger partial charge in [-0.25, -0.2) is 0 Å². The minimum Gasteiger partial charge on any atom is -0.380 e. The Labute approximate surface area is 121 Å². The largest absolute Gasteiger partial charge is 0.380 e. The third-order valence-corrected chi connectivity index (χ3v) is 5.04. The molecule has 1 aliphatic heterocycles. The number of ether oxygens (including phenoxy) is 1. The molecule has 0 aromatic heterocycles. The number of hydrogen-bond acceptors (Lipinski definition) is 3. The molecule has 106 valence electrons. The number of benzene rings is 1. The maximum absolute atomic E-state index is 5.19. The van der Waals surface area contributed by atoms with Gasteiger partial charge in [0.15, 0.2) is 0 Å². The molecular formula is C16H25NOS. The molecule has 0 radical (unpaired) electrons. The summed E-state index contributed by atoms with van der Waals surface area (Å²) >= 11 is 2.07. The van der Waals surface area contributed by atoms with E-state index in [0.717, 1.165) is 6.54 Å². The van der Waals surface area contributed by atoms with Crippen LogP contribution in [0.3, 0.4) is 0 Å². The molecule has 0 spiro atoms. The molecule has 1 aliphatic rings. The highest BCUT2D eigenvalue weighted by molar-refractivity contribution is 7.99. The standard InChI is InChI=1S/C16H25NOS/c1-16(2)7-8-19-12-15(16)17-10-13-5-4-6-14(9-13)11-18-3/h4-6,9,15,17H,7-8,10-12H2,1-3H3. The first-order chi connectivity index (χ1) is 9.12. The number of rotatable bonds is 5. The Morgan fingerprint density at radius 2 is 2.16 bits per heavy atom. The van der Waals surface area contributed by atoms with Gasteiger partial charge < -0.3 is 10.1 Å². The fraction of sp³-hybridized carbons (Fsp3) is 0.625. The Hall–Kier alpha value is -0.510. The van der Waals surface area contributed by atoms with Crippen molar-refractivity contribution in [1.29, 1.82) is 0 Å². The summed E-state index contributed by atoms with van der Waals surface area (Å²) in [5.41, 5.74) is 3.01. The molecule has 0 amide bonds. The summed E-state index contributed by atoms with van der Waals surface area (Å²) in [6.07, 6.45) is 1.30. The van der Waals surface area contributed by atoms with E-state index >= 15 is 0 Å². The minimum atomic E-state index is 0.412. The normalized spacial score (nSPS) is 22.4. The first-order valence-electron chi connectivity index (χ1n) is 7.00. The van der Waals surface area contributed by atoms with Crippen LogP contribution in [0.25, 0.3) is 0 Å². The average Bonchev–Trinajstić information content (AvgIpc) is 2.38. The highest BCUT2D eigenvalue weighted by atomic mass is 32.2.